The average Bonchev–Trinajstić information content (AvgIpc) is 3.42. The molecule has 0 saturated heterocycles. The number of aliphatic hydroxyl groups is 1. The Kier molecular flexibility index (Phi) is 11.0. The maximum absolute atomic E-state index is 13.1. The maximum Gasteiger partial charge on any atom is 0.418 e. The molecule has 0 spiro atoms. The number of aliphatic imine (C=N–C) groups is 1. The quantitative estimate of drug-likeness (QED) is 0.111. The van der Waals surface area contributed by atoms with E-state index in [1.54, 1.807) is 17.2 Å². The summed E-state index contributed by atoms with van der Waals surface area (Å²) in [5.74, 6) is 1.07. The van der Waals surface area contributed by atoms with Crippen molar-refractivity contribution in [2.45, 2.75) is 51.4 Å². The van der Waals surface area contributed by atoms with Gasteiger partial charge in [-0.25, -0.2) is 19.6 Å². The van der Waals surface area contributed by atoms with E-state index in [9.17, 15) is 18.3 Å². The number of hydrogen-bond acceptors (Lipinski definition) is 6. The molecule has 1 saturated carbocycles. The molecule has 2 atom stereocenters. The molecule has 2 unspecified atom stereocenters. The smallest absolute Gasteiger partial charge is 0.383 e. The number of hydrogen-bond donors (Lipinski definition) is 1. The van der Waals surface area contributed by atoms with E-state index in [4.69, 9.17) is 27.9 Å². The Labute approximate surface area is 258 Å². The number of imidazole rings is 1. The predicted molar refractivity (Wildman–Crippen MR) is 160 cm³/mol. The molecule has 0 amide bonds. The molecule has 2 aromatic carbocycles. The molecule has 0 radical (unpaired) electrons. The highest BCUT2D eigenvalue weighted by Crippen LogP contribution is 2.46. The van der Waals surface area contributed by atoms with Gasteiger partial charge in [-0.2, -0.15) is 18.3 Å². The highest BCUT2D eigenvalue weighted by Gasteiger charge is 2.44. The van der Waals surface area contributed by atoms with Crippen LogP contribution in [0.15, 0.2) is 78.8 Å². The summed E-state index contributed by atoms with van der Waals surface area (Å²) in [4.78, 5) is 12.0. The molecular weight excluding hydrogens is 604 g/mol. The lowest BCUT2D eigenvalue weighted by Crippen LogP contribution is -2.39. The van der Waals surface area contributed by atoms with Crippen molar-refractivity contribution >= 4 is 34.7 Å². The Morgan fingerprint density at radius 3 is 2.40 bits per heavy atom. The van der Waals surface area contributed by atoms with Crippen molar-refractivity contribution in [2.24, 2.45) is 16.8 Å². The first-order chi connectivity index (χ1) is 20.5. The van der Waals surface area contributed by atoms with Gasteiger partial charge in [-0.1, -0.05) is 49.2 Å². The van der Waals surface area contributed by atoms with Gasteiger partial charge in [0.05, 0.1) is 17.8 Å². The van der Waals surface area contributed by atoms with Crippen LogP contribution in [0.2, 0.25) is 10.0 Å². The van der Waals surface area contributed by atoms with Crippen molar-refractivity contribution in [3.05, 3.63) is 95.0 Å². The first kappa shape index (κ1) is 32.7. The van der Waals surface area contributed by atoms with Crippen molar-refractivity contribution < 1.29 is 23.0 Å². The van der Waals surface area contributed by atoms with Crippen molar-refractivity contribution in [2.75, 3.05) is 13.2 Å². The molecule has 4 aromatic rings. The van der Waals surface area contributed by atoms with Crippen LogP contribution >= 0.6 is 23.2 Å². The highest BCUT2D eigenvalue weighted by atomic mass is 35.5. The molecule has 43 heavy (non-hydrogen) atoms. The average molecular weight is 638 g/mol. The fourth-order valence-electron chi connectivity index (χ4n) is 4.64. The zero-order valence-electron chi connectivity index (χ0n) is 23.8. The SMILES string of the molecule is CC(C1CC1)C(O)(Cn1cncn1)c1ccc(Cl)cc1.CCCOCC(=Nc1ccc(Cl)cc1C(F)(F)F)n1ccnc1. The molecule has 5 rings (SSSR count). The first-order valence-electron chi connectivity index (χ1n) is 13.8. The number of halogens is 5. The van der Waals surface area contributed by atoms with Gasteiger partial charge in [0.25, 0.3) is 0 Å². The summed E-state index contributed by atoms with van der Waals surface area (Å²) in [6.45, 7) is 5.02. The summed E-state index contributed by atoms with van der Waals surface area (Å²) in [5, 5.41) is 16.1. The minimum atomic E-state index is -4.55. The van der Waals surface area contributed by atoms with Gasteiger partial charge in [0.2, 0.25) is 0 Å². The van der Waals surface area contributed by atoms with Gasteiger partial charge in [0, 0.05) is 29.0 Å². The van der Waals surface area contributed by atoms with Gasteiger partial charge in [0.1, 0.15) is 37.0 Å². The van der Waals surface area contributed by atoms with E-state index in [1.165, 1.54) is 48.4 Å². The van der Waals surface area contributed by atoms with Crippen molar-refractivity contribution in [3.8, 4) is 0 Å². The Morgan fingerprint density at radius 2 is 1.81 bits per heavy atom. The van der Waals surface area contributed by atoms with Crippen LogP contribution in [0.25, 0.3) is 0 Å². The summed E-state index contributed by atoms with van der Waals surface area (Å²) in [6.07, 6.45) is 6.32. The molecule has 0 bridgehead atoms. The zero-order chi connectivity index (χ0) is 31.0. The van der Waals surface area contributed by atoms with Gasteiger partial charge in [-0.05, 0) is 67.0 Å². The summed E-state index contributed by atoms with van der Waals surface area (Å²) < 4.78 is 48.1. The van der Waals surface area contributed by atoms with Crippen molar-refractivity contribution in [1.82, 2.24) is 24.3 Å². The standard InChI is InChI=1S/C15H15ClF3N3O.C15H18ClN3O/c1-2-7-23-9-14(22-6-5-20-10-22)21-13-4-3-11(16)8-12(13)15(17,18)19;1-11(12-2-3-12)15(20,8-19-10-17-9-18-19)13-4-6-14(16)7-5-13/h3-6,8,10H,2,7,9H2,1H3;4-7,9-12,20H,2-3,8H2,1H3. The van der Waals surface area contributed by atoms with E-state index >= 15 is 0 Å². The number of rotatable bonds is 10. The predicted octanol–water partition coefficient (Wildman–Crippen LogP) is 7.43. The second-order valence-corrected chi connectivity index (χ2v) is 11.2. The second-order valence-electron chi connectivity index (χ2n) is 10.4. The van der Waals surface area contributed by atoms with Crippen LogP contribution in [-0.2, 0) is 23.1 Å². The van der Waals surface area contributed by atoms with E-state index < -0.39 is 17.3 Å². The lowest BCUT2D eigenvalue weighted by Gasteiger charge is -2.35. The normalized spacial score (nSPS) is 15.9. The number of nitrogens with zero attached hydrogens (tertiary/aromatic N) is 6. The van der Waals surface area contributed by atoms with Crippen LogP contribution < -0.4 is 0 Å². The molecular formula is C30H33Cl2F3N6O2. The Bertz CT molecular complexity index is 1460. The summed E-state index contributed by atoms with van der Waals surface area (Å²) in [6, 6.07) is 10.9. The fraction of sp³-hybridized carbons (Fsp3) is 0.400. The summed E-state index contributed by atoms with van der Waals surface area (Å²) in [5.41, 5.74) is -1.17. The highest BCUT2D eigenvalue weighted by molar-refractivity contribution is 6.31. The second kappa shape index (κ2) is 14.5. The van der Waals surface area contributed by atoms with Gasteiger partial charge in [-0.15, -0.1) is 0 Å². The molecule has 1 N–H and O–H groups in total. The van der Waals surface area contributed by atoms with Crippen LogP contribution in [0.1, 0.15) is 44.2 Å². The minimum absolute atomic E-state index is 0.00249. The topological polar surface area (TPSA) is 90.4 Å². The van der Waals surface area contributed by atoms with Crippen LogP contribution in [0.4, 0.5) is 18.9 Å². The summed E-state index contributed by atoms with van der Waals surface area (Å²) >= 11 is 11.6. The van der Waals surface area contributed by atoms with E-state index in [0.29, 0.717) is 29.9 Å². The largest absolute Gasteiger partial charge is 0.418 e. The lowest BCUT2D eigenvalue weighted by molar-refractivity contribution is -0.137. The number of alkyl halides is 3. The summed E-state index contributed by atoms with van der Waals surface area (Å²) in [7, 11) is 0. The number of aromatic nitrogens is 5. The van der Waals surface area contributed by atoms with Gasteiger partial charge in [0.15, 0.2) is 0 Å². The molecule has 13 heteroatoms. The van der Waals surface area contributed by atoms with E-state index in [0.717, 1.165) is 18.1 Å². The Hall–Kier alpha value is -3.25. The Morgan fingerprint density at radius 1 is 1.09 bits per heavy atom. The van der Waals surface area contributed by atoms with Crippen LogP contribution in [0.5, 0.6) is 0 Å². The van der Waals surface area contributed by atoms with Crippen molar-refractivity contribution in [3.63, 3.8) is 0 Å². The van der Waals surface area contributed by atoms with Gasteiger partial charge < -0.3 is 9.84 Å². The van der Waals surface area contributed by atoms with E-state index in [2.05, 4.69) is 27.0 Å². The third-order valence-corrected chi connectivity index (χ3v) is 7.68. The third-order valence-electron chi connectivity index (χ3n) is 7.19. The van der Waals surface area contributed by atoms with Crippen LogP contribution in [0, 0.1) is 11.8 Å². The van der Waals surface area contributed by atoms with Crippen molar-refractivity contribution in [1.29, 1.82) is 0 Å². The molecule has 0 aliphatic heterocycles. The number of benzene rings is 2. The third kappa shape index (κ3) is 8.88. The van der Waals surface area contributed by atoms with E-state index in [-0.39, 0.29) is 23.2 Å². The zero-order valence-corrected chi connectivity index (χ0v) is 25.3. The molecule has 2 aromatic heterocycles. The molecule has 8 nitrogen and oxygen atoms in total. The maximum atomic E-state index is 13.1. The molecule has 1 aliphatic rings. The lowest BCUT2D eigenvalue weighted by atomic mass is 9.79. The molecule has 1 aliphatic carbocycles. The molecule has 230 valence electrons. The monoisotopic (exact) mass is 636 g/mol. The Balaban J connectivity index is 0.000000198. The fourth-order valence-corrected chi connectivity index (χ4v) is 4.94. The number of ether oxygens (including phenoxy) is 1. The van der Waals surface area contributed by atoms with Crippen LogP contribution in [0.3, 0.4) is 0 Å². The van der Waals surface area contributed by atoms with Crippen LogP contribution in [-0.4, -0.2) is 48.5 Å². The van der Waals surface area contributed by atoms with Gasteiger partial charge in [-0.3, -0.25) is 4.57 Å². The first-order valence-corrected chi connectivity index (χ1v) is 14.6. The van der Waals surface area contributed by atoms with E-state index in [1.807, 2.05) is 31.2 Å². The molecule has 2 heterocycles. The molecule has 1 fully saturated rings. The van der Waals surface area contributed by atoms with Gasteiger partial charge >= 0.3 is 6.18 Å². The minimum Gasteiger partial charge on any atom is -0.383 e.